The van der Waals surface area contributed by atoms with Gasteiger partial charge in [-0.15, -0.1) is 0 Å². The number of benzene rings is 1. The van der Waals surface area contributed by atoms with Crippen molar-refractivity contribution in [2.75, 3.05) is 0 Å². The van der Waals surface area contributed by atoms with Crippen molar-refractivity contribution in [3.8, 4) is 0 Å². The Morgan fingerprint density at radius 1 is 0.818 bits per heavy atom. The summed E-state index contributed by atoms with van der Waals surface area (Å²) in [6.45, 7) is 8.00. The predicted octanol–water partition coefficient (Wildman–Crippen LogP) is 7.69. The van der Waals surface area contributed by atoms with E-state index in [1.807, 2.05) is 38.2 Å². The number of fused-ring (bicyclic) bond motifs is 1. The summed E-state index contributed by atoms with van der Waals surface area (Å²) in [4.78, 5) is 4.23. The Kier molecular flexibility index (Phi) is 8.57. The first kappa shape index (κ1) is 25.3. The maximum atomic E-state index is 14.2. The molecule has 2 fully saturated rings. The van der Waals surface area contributed by atoms with E-state index in [1.54, 1.807) is 12.5 Å². The van der Waals surface area contributed by atoms with E-state index < -0.39 is 23.6 Å². The minimum atomic E-state index is -1.16. The largest absolute Gasteiger partial charge is 0.387 e. The van der Waals surface area contributed by atoms with E-state index >= 15 is 0 Å². The lowest BCUT2D eigenvalue weighted by Gasteiger charge is -2.33. The van der Waals surface area contributed by atoms with Gasteiger partial charge in [0.1, 0.15) is 5.82 Å². The Labute approximate surface area is 194 Å². The third-order valence-corrected chi connectivity index (χ3v) is 6.65. The van der Waals surface area contributed by atoms with Gasteiger partial charge in [-0.05, 0) is 79.5 Å². The van der Waals surface area contributed by atoms with Gasteiger partial charge in [0.25, 0.3) is 0 Å². The van der Waals surface area contributed by atoms with Crippen LogP contribution in [0.3, 0.4) is 0 Å². The number of hydrogen-bond acceptors (Lipinski definition) is 2. The van der Waals surface area contributed by atoms with E-state index in [-0.39, 0.29) is 17.4 Å². The highest BCUT2D eigenvalue weighted by Crippen LogP contribution is 2.47. The van der Waals surface area contributed by atoms with Gasteiger partial charge in [0.2, 0.25) is 0 Å². The van der Waals surface area contributed by atoms with Crippen molar-refractivity contribution in [1.29, 1.82) is 0 Å². The molecule has 33 heavy (non-hydrogen) atoms. The lowest BCUT2D eigenvalue weighted by molar-refractivity contribution is 0.0751. The van der Waals surface area contributed by atoms with Crippen LogP contribution in [0.2, 0.25) is 0 Å². The zero-order chi connectivity index (χ0) is 24.1. The lowest BCUT2D eigenvalue weighted by atomic mass is 9.75. The second-order valence-electron chi connectivity index (χ2n) is 8.48. The van der Waals surface area contributed by atoms with E-state index in [0.29, 0.717) is 37.7 Å². The fraction of sp³-hybridized carbons (Fsp3) is 0.519. The summed E-state index contributed by atoms with van der Waals surface area (Å²) >= 11 is 0. The highest BCUT2D eigenvalue weighted by atomic mass is 19.2. The fourth-order valence-corrected chi connectivity index (χ4v) is 4.90. The number of pyridine rings is 1. The van der Waals surface area contributed by atoms with Gasteiger partial charge < -0.3 is 9.51 Å². The minimum absolute atomic E-state index is 0.0464. The number of hydrogen-bond donors (Lipinski definition) is 1. The molecule has 1 aromatic carbocycles. The number of imidazole rings is 1. The molecule has 1 unspecified atom stereocenters. The maximum Gasteiger partial charge on any atom is 0.161 e. The molecule has 2 aromatic heterocycles. The normalized spacial score (nSPS) is 21.0. The molecule has 3 aromatic rings. The molecule has 6 heteroatoms. The van der Waals surface area contributed by atoms with Gasteiger partial charge in [-0.2, -0.15) is 0 Å². The third-order valence-electron chi connectivity index (χ3n) is 6.65. The van der Waals surface area contributed by atoms with Crippen LogP contribution in [0.1, 0.15) is 101 Å². The summed E-state index contributed by atoms with van der Waals surface area (Å²) < 4.78 is 43.0. The molecule has 0 bridgehead atoms. The molecular formula is C27H35F3N2O. The van der Waals surface area contributed by atoms with Crippen LogP contribution >= 0.6 is 0 Å². The van der Waals surface area contributed by atoms with E-state index in [9.17, 15) is 18.3 Å². The van der Waals surface area contributed by atoms with Crippen LogP contribution in [0.5, 0.6) is 0 Å². The summed E-state index contributed by atoms with van der Waals surface area (Å²) in [6.07, 6.45) is 7.89. The van der Waals surface area contributed by atoms with Crippen molar-refractivity contribution in [2.24, 2.45) is 5.92 Å². The highest BCUT2D eigenvalue weighted by Gasteiger charge is 2.35. The molecule has 1 N–H and O–H groups in total. The zero-order valence-corrected chi connectivity index (χ0v) is 20.0. The van der Waals surface area contributed by atoms with Crippen LogP contribution in [0.4, 0.5) is 13.2 Å². The smallest absolute Gasteiger partial charge is 0.161 e. The van der Waals surface area contributed by atoms with Gasteiger partial charge in [-0.1, -0.05) is 33.8 Å². The molecule has 2 heterocycles. The summed E-state index contributed by atoms with van der Waals surface area (Å²) in [7, 11) is 0. The molecule has 3 nitrogen and oxygen atoms in total. The van der Waals surface area contributed by atoms with Gasteiger partial charge in [0.05, 0.1) is 29.8 Å². The van der Waals surface area contributed by atoms with Crippen molar-refractivity contribution in [3.05, 3.63) is 71.1 Å². The Bertz CT molecular complexity index is 1050. The molecule has 180 valence electrons. The van der Waals surface area contributed by atoms with Crippen LogP contribution in [0, 0.1) is 23.4 Å². The Morgan fingerprint density at radius 3 is 2.03 bits per heavy atom. The van der Waals surface area contributed by atoms with E-state index in [1.165, 1.54) is 5.56 Å². The molecule has 5 rings (SSSR count). The summed E-state index contributed by atoms with van der Waals surface area (Å²) in [5, 5.41) is 11.3. The fourth-order valence-electron chi connectivity index (χ4n) is 4.90. The SMILES string of the molecule is CC.CC.OC(c1c(C2CC2)ccc2cncn12)C1CCC(c2cc(F)c(F)cc2F)CC1. The molecule has 2 saturated carbocycles. The average molecular weight is 461 g/mol. The molecule has 0 aliphatic heterocycles. The van der Waals surface area contributed by atoms with Crippen molar-refractivity contribution < 1.29 is 18.3 Å². The van der Waals surface area contributed by atoms with Gasteiger partial charge in [-0.3, -0.25) is 0 Å². The highest BCUT2D eigenvalue weighted by molar-refractivity contribution is 5.50. The van der Waals surface area contributed by atoms with E-state index in [4.69, 9.17) is 0 Å². The van der Waals surface area contributed by atoms with Crippen molar-refractivity contribution in [3.63, 3.8) is 0 Å². The number of aromatic nitrogens is 2. The summed E-state index contributed by atoms with van der Waals surface area (Å²) in [6, 6.07) is 5.77. The molecule has 0 radical (unpaired) electrons. The van der Waals surface area contributed by atoms with Crippen molar-refractivity contribution in [1.82, 2.24) is 9.38 Å². The summed E-state index contributed by atoms with van der Waals surface area (Å²) in [5.74, 6) is -2.46. The van der Waals surface area contributed by atoms with Gasteiger partial charge >= 0.3 is 0 Å². The minimum Gasteiger partial charge on any atom is -0.387 e. The molecule has 0 saturated heterocycles. The maximum absolute atomic E-state index is 14.2. The average Bonchev–Trinajstić information content (AvgIpc) is 3.59. The Hall–Kier alpha value is -2.34. The van der Waals surface area contributed by atoms with Crippen LogP contribution < -0.4 is 0 Å². The first-order valence-electron chi connectivity index (χ1n) is 12.3. The van der Waals surface area contributed by atoms with Crippen molar-refractivity contribution >= 4 is 5.52 Å². The molecule has 0 spiro atoms. The number of aliphatic hydroxyl groups excluding tert-OH is 1. The van der Waals surface area contributed by atoms with Gasteiger partial charge in [0.15, 0.2) is 11.6 Å². The summed E-state index contributed by atoms with van der Waals surface area (Å²) in [5.41, 5.74) is 3.31. The van der Waals surface area contributed by atoms with Crippen LogP contribution in [-0.4, -0.2) is 14.5 Å². The van der Waals surface area contributed by atoms with Crippen molar-refractivity contribution in [2.45, 2.75) is 84.2 Å². The Balaban J connectivity index is 0.000000728. The van der Waals surface area contributed by atoms with Crippen LogP contribution in [0.25, 0.3) is 5.52 Å². The second kappa shape index (κ2) is 11.2. The lowest BCUT2D eigenvalue weighted by Crippen LogP contribution is -2.23. The molecule has 0 amide bonds. The Morgan fingerprint density at radius 2 is 1.39 bits per heavy atom. The first-order chi connectivity index (χ1) is 16.0. The predicted molar refractivity (Wildman–Crippen MR) is 126 cm³/mol. The molecule has 2 aliphatic rings. The standard InChI is InChI=1S/C23H23F3N2O.2C2H6/c24-19-10-21(26)20(25)9-18(19)14-3-5-15(6-4-14)23(29)22-17(13-1-2-13)8-7-16-11-27-12-28(16)22;2*1-2/h7-15,23,29H,1-6H2;2*1-2H3. The molecule has 1 atom stereocenters. The van der Waals surface area contributed by atoms with E-state index in [2.05, 4.69) is 11.1 Å². The number of rotatable bonds is 4. The third kappa shape index (κ3) is 5.26. The van der Waals surface area contributed by atoms with E-state index in [0.717, 1.165) is 30.1 Å². The molecule has 2 aliphatic carbocycles. The zero-order valence-electron chi connectivity index (χ0n) is 20.0. The quantitative estimate of drug-likeness (QED) is 0.405. The van der Waals surface area contributed by atoms with Crippen LogP contribution in [0.15, 0.2) is 36.8 Å². The number of aliphatic hydroxyl groups is 1. The number of nitrogens with zero attached hydrogens (tertiary/aromatic N) is 2. The van der Waals surface area contributed by atoms with Crippen LogP contribution in [-0.2, 0) is 0 Å². The van der Waals surface area contributed by atoms with Gasteiger partial charge in [0, 0.05) is 6.07 Å². The molecular weight excluding hydrogens is 425 g/mol. The second-order valence-corrected chi connectivity index (χ2v) is 8.48. The number of halogens is 3. The first-order valence-corrected chi connectivity index (χ1v) is 12.3. The monoisotopic (exact) mass is 460 g/mol. The van der Waals surface area contributed by atoms with Gasteiger partial charge in [-0.25, -0.2) is 18.2 Å². The topological polar surface area (TPSA) is 37.5 Å².